The molecular weight excluding hydrogens is 298 g/mol. The number of non-ortho nitro benzene ring substituents is 1. The molecule has 1 saturated heterocycles. The molecule has 7 heteroatoms. The predicted octanol–water partition coefficient (Wildman–Crippen LogP) is 1.49. The summed E-state index contributed by atoms with van der Waals surface area (Å²) in [6.45, 7) is 6.46. The van der Waals surface area contributed by atoms with Gasteiger partial charge in [0.15, 0.2) is 0 Å². The van der Waals surface area contributed by atoms with Crippen LogP contribution in [0.15, 0.2) is 18.2 Å². The van der Waals surface area contributed by atoms with Crippen LogP contribution in [-0.2, 0) is 6.54 Å². The number of hydrogen-bond acceptors (Lipinski definition) is 6. The summed E-state index contributed by atoms with van der Waals surface area (Å²) in [5, 5.41) is 20.3. The Kier molecular flexibility index (Phi) is 6.32. The first-order valence-electron chi connectivity index (χ1n) is 7.97. The van der Waals surface area contributed by atoms with Gasteiger partial charge in [0, 0.05) is 56.5 Å². The van der Waals surface area contributed by atoms with E-state index in [0.717, 1.165) is 38.2 Å². The molecule has 1 aromatic carbocycles. The highest BCUT2D eigenvalue weighted by molar-refractivity contribution is 5.43. The quantitative estimate of drug-likeness (QED) is 0.605. The average molecular weight is 323 g/mol. The maximum absolute atomic E-state index is 10.9. The van der Waals surface area contributed by atoms with E-state index >= 15 is 0 Å². The molecule has 2 rings (SSSR count). The van der Waals surface area contributed by atoms with Gasteiger partial charge in [0.1, 0.15) is 5.75 Å². The number of piperazine rings is 1. The standard InChI is InChI=1S/C16H25N3O4/c1-3-14(12-20)18-8-6-17(7-9-18)11-13-10-15(19(21)22)4-5-16(13)23-2/h4-5,10,14,20H,3,6-9,11-12H2,1-2H3. The molecule has 1 aliphatic rings. The van der Waals surface area contributed by atoms with Crippen molar-refractivity contribution in [2.24, 2.45) is 0 Å². The van der Waals surface area contributed by atoms with Gasteiger partial charge < -0.3 is 9.84 Å². The van der Waals surface area contributed by atoms with Crippen molar-refractivity contribution in [3.63, 3.8) is 0 Å². The molecule has 23 heavy (non-hydrogen) atoms. The minimum Gasteiger partial charge on any atom is -0.496 e. The Balaban J connectivity index is 2.00. The van der Waals surface area contributed by atoms with Crippen LogP contribution in [0.2, 0.25) is 0 Å². The average Bonchev–Trinajstić information content (AvgIpc) is 2.57. The minimum absolute atomic E-state index is 0.0887. The molecule has 0 radical (unpaired) electrons. The van der Waals surface area contributed by atoms with Gasteiger partial charge in [0.2, 0.25) is 0 Å². The molecule has 128 valence electrons. The van der Waals surface area contributed by atoms with Crippen LogP contribution < -0.4 is 4.74 Å². The van der Waals surface area contributed by atoms with Crippen molar-refractivity contribution in [2.75, 3.05) is 39.9 Å². The van der Waals surface area contributed by atoms with Crippen molar-refractivity contribution in [1.29, 1.82) is 0 Å². The summed E-state index contributed by atoms with van der Waals surface area (Å²) in [7, 11) is 1.58. The molecule has 1 unspecified atom stereocenters. The van der Waals surface area contributed by atoms with Crippen molar-refractivity contribution in [3.8, 4) is 5.75 Å². The topological polar surface area (TPSA) is 79.1 Å². The zero-order chi connectivity index (χ0) is 16.8. The van der Waals surface area contributed by atoms with Crippen LogP contribution in [0, 0.1) is 10.1 Å². The summed E-state index contributed by atoms with van der Waals surface area (Å²) in [6.07, 6.45) is 0.940. The Hall–Kier alpha value is -1.70. The molecule has 1 aliphatic heterocycles. The van der Waals surface area contributed by atoms with Gasteiger partial charge in [-0.15, -0.1) is 0 Å². The molecular formula is C16H25N3O4. The Morgan fingerprint density at radius 3 is 2.57 bits per heavy atom. The second kappa shape index (κ2) is 8.24. The van der Waals surface area contributed by atoms with Crippen LogP contribution >= 0.6 is 0 Å². The number of ether oxygens (including phenoxy) is 1. The summed E-state index contributed by atoms with van der Waals surface area (Å²) < 4.78 is 5.32. The van der Waals surface area contributed by atoms with Gasteiger partial charge in [-0.3, -0.25) is 19.9 Å². The second-order valence-electron chi connectivity index (χ2n) is 5.81. The molecule has 1 aromatic rings. The lowest BCUT2D eigenvalue weighted by Crippen LogP contribution is -2.50. The number of rotatable bonds is 7. The molecule has 0 aliphatic carbocycles. The van der Waals surface area contributed by atoms with Crippen LogP contribution in [0.5, 0.6) is 5.75 Å². The molecule has 1 heterocycles. The van der Waals surface area contributed by atoms with Crippen LogP contribution in [0.1, 0.15) is 18.9 Å². The monoisotopic (exact) mass is 323 g/mol. The van der Waals surface area contributed by atoms with Crippen LogP contribution in [0.25, 0.3) is 0 Å². The van der Waals surface area contributed by atoms with E-state index in [-0.39, 0.29) is 23.3 Å². The van der Waals surface area contributed by atoms with Gasteiger partial charge in [-0.05, 0) is 12.5 Å². The number of methoxy groups -OCH3 is 1. The lowest BCUT2D eigenvalue weighted by Gasteiger charge is -2.38. The van der Waals surface area contributed by atoms with E-state index < -0.39 is 0 Å². The van der Waals surface area contributed by atoms with Crippen molar-refractivity contribution in [1.82, 2.24) is 9.80 Å². The van der Waals surface area contributed by atoms with E-state index in [9.17, 15) is 15.2 Å². The van der Waals surface area contributed by atoms with Crippen LogP contribution in [0.3, 0.4) is 0 Å². The number of nitrogens with zero attached hydrogens (tertiary/aromatic N) is 3. The number of aliphatic hydroxyl groups is 1. The Morgan fingerprint density at radius 1 is 1.35 bits per heavy atom. The number of nitro groups is 1. The van der Waals surface area contributed by atoms with E-state index in [0.29, 0.717) is 12.3 Å². The summed E-state index contributed by atoms with van der Waals surface area (Å²) in [5.41, 5.74) is 0.926. The van der Waals surface area contributed by atoms with Gasteiger partial charge in [-0.1, -0.05) is 6.92 Å². The van der Waals surface area contributed by atoms with Crippen molar-refractivity contribution in [2.45, 2.75) is 25.9 Å². The molecule has 1 fully saturated rings. The fourth-order valence-corrected chi connectivity index (χ4v) is 3.03. The van der Waals surface area contributed by atoms with E-state index in [2.05, 4.69) is 16.7 Å². The lowest BCUT2D eigenvalue weighted by atomic mass is 10.1. The molecule has 0 saturated carbocycles. The van der Waals surface area contributed by atoms with Crippen LogP contribution in [-0.4, -0.2) is 65.8 Å². The van der Waals surface area contributed by atoms with Gasteiger partial charge in [-0.25, -0.2) is 0 Å². The lowest BCUT2D eigenvalue weighted by molar-refractivity contribution is -0.385. The van der Waals surface area contributed by atoms with Gasteiger partial charge in [0.05, 0.1) is 18.6 Å². The second-order valence-corrected chi connectivity index (χ2v) is 5.81. The molecule has 0 spiro atoms. The Morgan fingerprint density at radius 2 is 2.04 bits per heavy atom. The third-order valence-corrected chi connectivity index (χ3v) is 4.47. The molecule has 1 N–H and O–H groups in total. The Bertz CT molecular complexity index is 526. The number of benzene rings is 1. The van der Waals surface area contributed by atoms with Gasteiger partial charge >= 0.3 is 0 Å². The summed E-state index contributed by atoms with van der Waals surface area (Å²) >= 11 is 0. The third-order valence-electron chi connectivity index (χ3n) is 4.47. The molecule has 0 amide bonds. The Labute approximate surface area is 136 Å². The van der Waals surface area contributed by atoms with Gasteiger partial charge in [0.25, 0.3) is 5.69 Å². The highest BCUT2D eigenvalue weighted by Crippen LogP contribution is 2.25. The van der Waals surface area contributed by atoms with Crippen LogP contribution in [0.4, 0.5) is 5.69 Å². The first-order valence-corrected chi connectivity index (χ1v) is 7.97. The molecule has 1 atom stereocenters. The maximum atomic E-state index is 10.9. The minimum atomic E-state index is -0.381. The van der Waals surface area contributed by atoms with Crippen molar-refractivity contribution >= 4 is 5.69 Å². The fourth-order valence-electron chi connectivity index (χ4n) is 3.03. The molecule has 0 bridgehead atoms. The highest BCUT2D eigenvalue weighted by atomic mass is 16.6. The molecule has 7 nitrogen and oxygen atoms in total. The highest BCUT2D eigenvalue weighted by Gasteiger charge is 2.23. The largest absolute Gasteiger partial charge is 0.496 e. The number of nitro benzene ring substituents is 1. The normalized spacial score (nSPS) is 17.9. The summed E-state index contributed by atoms with van der Waals surface area (Å²) in [5.74, 6) is 0.680. The first-order chi connectivity index (χ1) is 11.1. The number of hydrogen-bond donors (Lipinski definition) is 1. The predicted molar refractivity (Wildman–Crippen MR) is 87.7 cm³/mol. The number of aliphatic hydroxyl groups excluding tert-OH is 1. The maximum Gasteiger partial charge on any atom is 0.270 e. The van der Waals surface area contributed by atoms with Gasteiger partial charge in [-0.2, -0.15) is 0 Å². The third kappa shape index (κ3) is 4.40. The van der Waals surface area contributed by atoms with Crippen molar-refractivity contribution in [3.05, 3.63) is 33.9 Å². The van der Waals surface area contributed by atoms with E-state index in [1.807, 2.05) is 0 Å². The SMILES string of the molecule is CCC(CO)N1CCN(Cc2cc([N+](=O)[O-])ccc2OC)CC1. The molecule has 0 aromatic heterocycles. The smallest absolute Gasteiger partial charge is 0.270 e. The zero-order valence-corrected chi connectivity index (χ0v) is 13.8. The zero-order valence-electron chi connectivity index (χ0n) is 13.8. The fraction of sp³-hybridized carbons (Fsp3) is 0.625. The van der Waals surface area contributed by atoms with E-state index in [1.165, 1.54) is 6.07 Å². The van der Waals surface area contributed by atoms with E-state index in [4.69, 9.17) is 4.74 Å². The first kappa shape index (κ1) is 17.7. The van der Waals surface area contributed by atoms with Crippen molar-refractivity contribution < 1.29 is 14.8 Å². The summed E-state index contributed by atoms with van der Waals surface area (Å²) in [6, 6.07) is 4.94. The van der Waals surface area contributed by atoms with E-state index in [1.54, 1.807) is 19.2 Å². The summed E-state index contributed by atoms with van der Waals surface area (Å²) in [4.78, 5) is 15.1.